The predicted octanol–water partition coefficient (Wildman–Crippen LogP) is 3.55. The zero-order valence-electron chi connectivity index (χ0n) is 10.3. The van der Waals surface area contributed by atoms with E-state index < -0.39 is 0 Å². The minimum absolute atomic E-state index is 0.233. The van der Waals surface area contributed by atoms with Crippen molar-refractivity contribution in [3.05, 3.63) is 24.3 Å². The van der Waals surface area contributed by atoms with E-state index in [-0.39, 0.29) is 5.25 Å². The van der Waals surface area contributed by atoms with Gasteiger partial charge in [0.25, 0.3) is 5.22 Å². The number of benzene rings is 1. The lowest BCUT2D eigenvalue weighted by molar-refractivity contribution is 0.314. The Bertz CT molecular complexity index is 619. The van der Waals surface area contributed by atoms with Gasteiger partial charge in [-0.15, -0.1) is 0 Å². The normalized spacial score (nSPS) is 31.6. The number of para-hydroxylation sites is 2. The highest BCUT2D eigenvalue weighted by Crippen LogP contribution is 2.49. The van der Waals surface area contributed by atoms with E-state index in [1.165, 1.54) is 6.42 Å². The highest BCUT2D eigenvalue weighted by Gasteiger charge is 2.46. The summed E-state index contributed by atoms with van der Waals surface area (Å²) in [7, 11) is 0. The van der Waals surface area contributed by atoms with E-state index in [2.05, 4.69) is 10.1 Å². The summed E-state index contributed by atoms with van der Waals surface area (Å²) in [5.41, 5.74) is 2.63. The Morgan fingerprint density at radius 1 is 1.32 bits per heavy atom. The van der Waals surface area contributed by atoms with Gasteiger partial charge in [0.2, 0.25) is 0 Å². The van der Waals surface area contributed by atoms with Gasteiger partial charge in [0.1, 0.15) is 5.52 Å². The summed E-state index contributed by atoms with van der Waals surface area (Å²) in [5.74, 6) is 1.08. The Hall–Kier alpha value is -1.49. The molecule has 2 bridgehead atoms. The zero-order valence-corrected chi connectivity index (χ0v) is 11.1. The SMILES string of the molecule is ON=C1C2CCC(C2)C1Sc1nc2ccccc2o1. The lowest BCUT2D eigenvalue weighted by atomic mass is 9.98. The second kappa shape index (κ2) is 4.27. The molecule has 2 aromatic rings. The van der Waals surface area contributed by atoms with Gasteiger partial charge < -0.3 is 9.62 Å². The number of thioether (sulfide) groups is 1. The second-order valence-electron chi connectivity index (χ2n) is 5.28. The molecule has 2 aliphatic carbocycles. The van der Waals surface area contributed by atoms with Crippen LogP contribution in [0.1, 0.15) is 19.3 Å². The van der Waals surface area contributed by atoms with E-state index in [9.17, 15) is 5.21 Å². The molecule has 5 heteroatoms. The van der Waals surface area contributed by atoms with Gasteiger partial charge >= 0.3 is 0 Å². The van der Waals surface area contributed by atoms with Crippen LogP contribution >= 0.6 is 11.8 Å². The van der Waals surface area contributed by atoms with Crippen LogP contribution in [0.2, 0.25) is 0 Å². The second-order valence-corrected chi connectivity index (χ2v) is 6.37. The molecule has 0 spiro atoms. The highest BCUT2D eigenvalue weighted by atomic mass is 32.2. The molecule has 19 heavy (non-hydrogen) atoms. The van der Waals surface area contributed by atoms with Gasteiger partial charge in [0, 0.05) is 5.92 Å². The van der Waals surface area contributed by atoms with E-state index in [4.69, 9.17) is 4.42 Å². The third-order valence-corrected chi connectivity index (χ3v) is 5.49. The molecular weight excluding hydrogens is 260 g/mol. The van der Waals surface area contributed by atoms with E-state index in [0.717, 1.165) is 29.7 Å². The summed E-state index contributed by atoms with van der Waals surface area (Å²) in [4.78, 5) is 4.49. The molecule has 3 atom stereocenters. The summed E-state index contributed by atoms with van der Waals surface area (Å²) in [6.45, 7) is 0. The number of oxazole rings is 1. The van der Waals surface area contributed by atoms with Crippen LogP contribution in [-0.2, 0) is 0 Å². The molecule has 1 heterocycles. The van der Waals surface area contributed by atoms with Crippen molar-refractivity contribution >= 4 is 28.6 Å². The fourth-order valence-corrected chi connectivity index (χ4v) is 4.65. The molecule has 2 fully saturated rings. The zero-order chi connectivity index (χ0) is 12.8. The van der Waals surface area contributed by atoms with Gasteiger partial charge in [0.05, 0.1) is 11.0 Å². The summed E-state index contributed by atoms with van der Waals surface area (Å²) in [6, 6.07) is 7.77. The van der Waals surface area contributed by atoms with Crippen LogP contribution in [0.15, 0.2) is 39.1 Å². The average molecular weight is 274 g/mol. The molecule has 0 radical (unpaired) electrons. The minimum Gasteiger partial charge on any atom is -0.431 e. The van der Waals surface area contributed by atoms with Crippen LogP contribution in [-0.4, -0.2) is 21.2 Å². The van der Waals surface area contributed by atoms with Crippen LogP contribution < -0.4 is 0 Å². The highest BCUT2D eigenvalue weighted by molar-refractivity contribution is 8.00. The van der Waals surface area contributed by atoms with Crippen molar-refractivity contribution in [2.45, 2.75) is 29.7 Å². The third kappa shape index (κ3) is 1.75. The Kier molecular flexibility index (Phi) is 2.55. The van der Waals surface area contributed by atoms with Gasteiger partial charge in [-0.2, -0.15) is 0 Å². The molecule has 0 aliphatic heterocycles. The standard InChI is InChI=1S/C14H14N2O2S/c17-16-12-8-5-6-9(7-8)13(12)19-14-15-10-3-1-2-4-11(10)18-14/h1-4,8-9,13,17H,5-7H2. The topological polar surface area (TPSA) is 58.6 Å². The first-order valence-corrected chi connectivity index (χ1v) is 7.47. The summed E-state index contributed by atoms with van der Waals surface area (Å²) < 4.78 is 5.75. The lowest BCUT2D eigenvalue weighted by Crippen LogP contribution is -2.24. The van der Waals surface area contributed by atoms with Gasteiger partial charge in [-0.25, -0.2) is 4.98 Å². The first kappa shape index (κ1) is 11.3. The van der Waals surface area contributed by atoms with Gasteiger partial charge in [-0.1, -0.05) is 29.1 Å². The summed E-state index contributed by atoms with van der Waals surface area (Å²) >= 11 is 1.60. The Morgan fingerprint density at radius 3 is 3.05 bits per heavy atom. The molecule has 0 amide bonds. The van der Waals surface area contributed by atoms with Crippen molar-refractivity contribution in [3.63, 3.8) is 0 Å². The number of oxime groups is 1. The molecule has 4 nitrogen and oxygen atoms in total. The number of rotatable bonds is 2. The molecule has 3 unspecified atom stereocenters. The lowest BCUT2D eigenvalue weighted by Gasteiger charge is -2.20. The fraction of sp³-hybridized carbons (Fsp3) is 0.429. The number of nitrogens with zero attached hydrogens (tertiary/aromatic N) is 2. The van der Waals surface area contributed by atoms with Crippen molar-refractivity contribution in [2.75, 3.05) is 0 Å². The molecule has 1 N–H and O–H groups in total. The molecule has 0 saturated heterocycles. The average Bonchev–Trinajstić information content (AvgIpc) is 3.11. The van der Waals surface area contributed by atoms with E-state index >= 15 is 0 Å². The van der Waals surface area contributed by atoms with Crippen molar-refractivity contribution in [1.82, 2.24) is 4.98 Å². The van der Waals surface area contributed by atoms with E-state index in [1.54, 1.807) is 11.8 Å². The summed E-state index contributed by atoms with van der Waals surface area (Å²) in [6.07, 6.45) is 3.54. The Balaban J connectivity index is 1.64. The summed E-state index contributed by atoms with van der Waals surface area (Å²) in [5, 5.41) is 13.6. The smallest absolute Gasteiger partial charge is 0.257 e. The van der Waals surface area contributed by atoms with Crippen LogP contribution in [0.5, 0.6) is 0 Å². The number of hydrogen-bond acceptors (Lipinski definition) is 5. The number of fused-ring (bicyclic) bond motifs is 3. The first-order valence-electron chi connectivity index (χ1n) is 6.59. The molecule has 1 aromatic carbocycles. The van der Waals surface area contributed by atoms with Crippen molar-refractivity contribution < 1.29 is 9.62 Å². The van der Waals surface area contributed by atoms with Crippen LogP contribution in [0, 0.1) is 11.8 Å². The van der Waals surface area contributed by atoms with Crippen molar-refractivity contribution in [1.29, 1.82) is 0 Å². The molecule has 2 aliphatic rings. The van der Waals surface area contributed by atoms with Crippen molar-refractivity contribution in [2.24, 2.45) is 17.0 Å². The van der Waals surface area contributed by atoms with Crippen LogP contribution in [0.25, 0.3) is 11.1 Å². The molecular formula is C14H14N2O2S. The quantitative estimate of drug-likeness (QED) is 0.672. The minimum atomic E-state index is 0.233. The Labute approximate surface area is 114 Å². The van der Waals surface area contributed by atoms with Gasteiger partial charge in [-0.3, -0.25) is 0 Å². The maximum absolute atomic E-state index is 9.20. The molecule has 98 valence electrons. The van der Waals surface area contributed by atoms with Crippen molar-refractivity contribution in [3.8, 4) is 0 Å². The fourth-order valence-electron chi connectivity index (χ4n) is 3.34. The Morgan fingerprint density at radius 2 is 2.21 bits per heavy atom. The predicted molar refractivity (Wildman–Crippen MR) is 73.7 cm³/mol. The van der Waals surface area contributed by atoms with E-state index in [1.807, 2.05) is 24.3 Å². The van der Waals surface area contributed by atoms with Crippen LogP contribution in [0.3, 0.4) is 0 Å². The largest absolute Gasteiger partial charge is 0.431 e. The first-order chi connectivity index (χ1) is 9.35. The monoisotopic (exact) mass is 274 g/mol. The molecule has 1 aromatic heterocycles. The maximum Gasteiger partial charge on any atom is 0.257 e. The number of hydrogen-bond donors (Lipinski definition) is 1. The molecule has 2 saturated carbocycles. The number of aromatic nitrogens is 1. The maximum atomic E-state index is 9.20. The van der Waals surface area contributed by atoms with E-state index in [0.29, 0.717) is 17.1 Å². The molecule has 4 rings (SSSR count). The van der Waals surface area contributed by atoms with Gasteiger partial charge in [-0.05, 0) is 37.3 Å². The van der Waals surface area contributed by atoms with Crippen LogP contribution in [0.4, 0.5) is 0 Å². The third-order valence-electron chi connectivity index (χ3n) is 4.23. The van der Waals surface area contributed by atoms with Gasteiger partial charge in [0.15, 0.2) is 5.58 Å².